The molecule has 0 amide bonds. The summed E-state index contributed by atoms with van der Waals surface area (Å²) < 4.78 is 24.5. The van der Waals surface area contributed by atoms with Crippen LogP contribution in [0.15, 0.2) is 58.3 Å². The van der Waals surface area contributed by atoms with E-state index < -0.39 is 9.84 Å². The summed E-state index contributed by atoms with van der Waals surface area (Å²) in [6.45, 7) is 0. The van der Waals surface area contributed by atoms with Gasteiger partial charge in [-0.25, -0.2) is 8.42 Å². The lowest BCUT2D eigenvalue weighted by molar-refractivity contribution is 0.596. The Kier molecular flexibility index (Phi) is 2.77. The molecule has 0 aromatic heterocycles. The van der Waals surface area contributed by atoms with Crippen LogP contribution < -0.4 is 11.5 Å². The molecule has 0 bridgehead atoms. The lowest BCUT2D eigenvalue weighted by Gasteiger charge is -2.06. The summed E-state index contributed by atoms with van der Waals surface area (Å²) in [5.41, 5.74) is 11.8. The Hall–Kier alpha value is -2.01. The quantitative estimate of drug-likeness (QED) is 0.792. The molecule has 2 aromatic rings. The van der Waals surface area contributed by atoms with Gasteiger partial charge in [0, 0.05) is 11.4 Å². The SMILES string of the molecule is Nc1cc(N)cc(S(=O)(=O)c2ccccc2)c1. The van der Waals surface area contributed by atoms with Crippen molar-refractivity contribution in [2.45, 2.75) is 9.79 Å². The van der Waals surface area contributed by atoms with Gasteiger partial charge < -0.3 is 11.5 Å². The smallest absolute Gasteiger partial charge is 0.206 e. The molecule has 88 valence electrons. The molecule has 0 heterocycles. The summed E-state index contributed by atoms with van der Waals surface area (Å²) in [5, 5.41) is 0. The average molecular weight is 248 g/mol. The van der Waals surface area contributed by atoms with Crippen LogP contribution in [0.3, 0.4) is 0 Å². The van der Waals surface area contributed by atoms with Crippen molar-refractivity contribution in [3.05, 3.63) is 48.5 Å². The number of hydrogen-bond donors (Lipinski definition) is 2. The molecule has 0 spiro atoms. The fourth-order valence-electron chi connectivity index (χ4n) is 1.54. The summed E-state index contributed by atoms with van der Waals surface area (Å²) in [7, 11) is -3.54. The van der Waals surface area contributed by atoms with Crippen LogP contribution in [-0.2, 0) is 9.84 Å². The lowest BCUT2D eigenvalue weighted by Crippen LogP contribution is -2.03. The number of nitrogen functional groups attached to an aromatic ring is 2. The van der Waals surface area contributed by atoms with Crippen molar-refractivity contribution in [3.8, 4) is 0 Å². The fraction of sp³-hybridized carbons (Fsp3) is 0. The summed E-state index contributed by atoms with van der Waals surface area (Å²) in [5.74, 6) is 0. The van der Waals surface area contributed by atoms with E-state index in [1.807, 2.05) is 0 Å². The first-order valence-corrected chi connectivity index (χ1v) is 6.44. The molecule has 2 rings (SSSR count). The average Bonchev–Trinajstić information content (AvgIpc) is 2.29. The molecule has 0 aliphatic rings. The molecule has 0 fully saturated rings. The third-order valence-electron chi connectivity index (χ3n) is 2.31. The molecular weight excluding hydrogens is 236 g/mol. The van der Waals surface area contributed by atoms with Crippen LogP contribution in [0.1, 0.15) is 0 Å². The van der Waals surface area contributed by atoms with Crippen molar-refractivity contribution in [1.29, 1.82) is 0 Å². The van der Waals surface area contributed by atoms with E-state index in [0.717, 1.165) is 0 Å². The first-order valence-electron chi connectivity index (χ1n) is 4.96. The number of rotatable bonds is 2. The first-order chi connectivity index (χ1) is 8.00. The molecule has 2 aromatic carbocycles. The number of nitrogens with two attached hydrogens (primary N) is 2. The third kappa shape index (κ3) is 2.24. The van der Waals surface area contributed by atoms with Crippen molar-refractivity contribution < 1.29 is 8.42 Å². The first kappa shape index (κ1) is 11.5. The van der Waals surface area contributed by atoms with Crippen LogP contribution in [0.5, 0.6) is 0 Å². The number of hydrogen-bond acceptors (Lipinski definition) is 4. The predicted octanol–water partition coefficient (Wildman–Crippen LogP) is 1.68. The van der Waals surface area contributed by atoms with Gasteiger partial charge in [-0.1, -0.05) is 18.2 Å². The zero-order valence-corrected chi connectivity index (χ0v) is 9.81. The Morgan fingerprint density at radius 2 is 1.29 bits per heavy atom. The molecule has 5 heteroatoms. The lowest BCUT2D eigenvalue weighted by atomic mass is 10.3. The minimum Gasteiger partial charge on any atom is -0.399 e. The minimum absolute atomic E-state index is 0.112. The van der Waals surface area contributed by atoms with Gasteiger partial charge in [0.15, 0.2) is 0 Å². The third-order valence-corrected chi connectivity index (χ3v) is 4.06. The highest BCUT2D eigenvalue weighted by atomic mass is 32.2. The van der Waals surface area contributed by atoms with Gasteiger partial charge in [0.1, 0.15) is 0 Å². The molecule has 17 heavy (non-hydrogen) atoms. The molecule has 0 unspecified atom stereocenters. The minimum atomic E-state index is -3.54. The Morgan fingerprint density at radius 1 is 0.765 bits per heavy atom. The van der Waals surface area contributed by atoms with E-state index in [0.29, 0.717) is 11.4 Å². The van der Waals surface area contributed by atoms with Gasteiger partial charge in [0.25, 0.3) is 0 Å². The van der Waals surface area contributed by atoms with Crippen molar-refractivity contribution in [2.24, 2.45) is 0 Å². The van der Waals surface area contributed by atoms with Crippen molar-refractivity contribution in [2.75, 3.05) is 11.5 Å². The summed E-state index contributed by atoms with van der Waals surface area (Å²) >= 11 is 0. The van der Waals surface area contributed by atoms with E-state index in [2.05, 4.69) is 0 Å². The summed E-state index contributed by atoms with van der Waals surface area (Å²) in [4.78, 5) is 0.339. The van der Waals surface area contributed by atoms with Crippen molar-refractivity contribution in [1.82, 2.24) is 0 Å². The molecule has 0 radical (unpaired) electrons. The van der Waals surface area contributed by atoms with Gasteiger partial charge in [-0.15, -0.1) is 0 Å². The van der Waals surface area contributed by atoms with Gasteiger partial charge in [0.2, 0.25) is 9.84 Å². The van der Waals surface area contributed by atoms with E-state index in [4.69, 9.17) is 11.5 Å². The highest BCUT2D eigenvalue weighted by Gasteiger charge is 2.17. The van der Waals surface area contributed by atoms with Crippen molar-refractivity contribution >= 4 is 21.2 Å². The van der Waals surface area contributed by atoms with Crippen LogP contribution in [0.2, 0.25) is 0 Å². The Bertz CT molecular complexity index is 617. The second kappa shape index (κ2) is 4.10. The Balaban J connectivity index is 2.60. The molecule has 0 atom stereocenters. The van der Waals surface area contributed by atoms with E-state index >= 15 is 0 Å². The van der Waals surface area contributed by atoms with Crippen LogP contribution in [0, 0.1) is 0 Å². The van der Waals surface area contributed by atoms with E-state index in [1.54, 1.807) is 18.2 Å². The largest absolute Gasteiger partial charge is 0.399 e. The van der Waals surface area contributed by atoms with E-state index in [-0.39, 0.29) is 9.79 Å². The van der Waals surface area contributed by atoms with Gasteiger partial charge >= 0.3 is 0 Å². The van der Waals surface area contributed by atoms with Crippen LogP contribution in [-0.4, -0.2) is 8.42 Å². The van der Waals surface area contributed by atoms with Gasteiger partial charge in [-0.3, -0.25) is 0 Å². The maximum atomic E-state index is 12.2. The van der Waals surface area contributed by atoms with Gasteiger partial charge in [-0.2, -0.15) is 0 Å². The topological polar surface area (TPSA) is 86.2 Å². The van der Waals surface area contributed by atoms with Gasteiger partial charge in [-0.05, 0) is 30.3 Å². The monoisotopic (exact) mass is 248 g/mol. The molecule has 0 saturated heterocycles. The highest BCUT2D eigenvalue weighted by Crippen LogP contribution is 2.24. The molecule has 0 aliphatic carbocycles. The van der Waals surface area contributed by atoms with Crippen molar-refractivity contribution in [3.63, 3.8) is 0 Å². The predicted molar refractivity (Wildman–Crippen MR) is 67.2 cm³/mol. The van der Waals surface area contributed by atoms with Gasteiger partial charge in [0.05, 0.1) is 9.79 Å². The molecule has 4 nitrogen and oxygen atoms in total. The van der Waals surface area contributed by atoms with E-state index in [1.165, 1.54) is 30.3 Å². The Labute approximate surface area is 99.8 Å². The van der Waals surface area contributed by atoms with E-state index in [9.17, 15) is 8.42 Å². The maximum Gasteiger partial charge on any atom is 0.206 e. The normalized spacial score (nSPS) is 11.3. The van der Waals surface area contributed by atoms with Crippen LogP contribution in [0.25, 0.3) is 0 Å². The summed E-state index contributed by atoms with van der Waals surface area (Å²) in [6.07, 6.45) is 0. The molecular formula is C12H12N2O2S. The fourth-order valence-corrected chi connectivity index (χ4v) is 2.91. The highest BCUT2D eigenvalue weighted by molar-refractivity contribution is 7.91. The zero-order valence-electron chi connectivity index (χ0n) is 9.00. The molecule has 4 N–H and O–H groups in total. The molecule has 0 saturated carbocycles. The number of sulfone groups is 1. The summed E-state index contributed by atoms with van der Waals surface area (Å²) in [6, 6.07) is 12.5. The van der Waals surface area contributed by atoms with Crippen LogP contribution in [0.4, 0.5) is 11.4 Å². The molecule has 0 aliphatic heterocycles. The second-order valence-electron chi connectivity index (χ2n) is 3.65. The van der Waals surface area contributed by atoms with Crippen LogP contribution >= 0.6 is 0 Å². The standard InChI is InChI=1S/C12H12N2O2S/c13-9-6-10(14)8-12(7-9)17(15,16)11-4-2-1-3-5-11/h1-8H,13-14H2. The zero-order chi connectivity index (χ0) is 12.5. The number of benzene rings is 2. The maximum absolute atomic E-state index is 12.2. The second-order valence-corrected chi connectivity index (χ2v) is 5.60. The Morgan fingerprint density at radius 3 is 1.82 bits per heavy atom. The number of anilines is 2.